The van der Waals surface area contributed by atoms with Crippen LogP contribution < -0.4 is 10.5 Å². The van der Waals surface area contributed by atoms with Crippen LogP contribution in [0.4, 0.5) is 0 Å². The lowest BCUT2D eigenvalue weighted by Gasteiger charge is -2.11. The Morgan fingerprint density at radius 1 is 0.950 bits per heavy atom. The highest BCUT2D eigenvalue weighted by Gasteiger charge is 2.14. The molecule has 0 heterocycles. The van der Waals surface area contributed by atoms with Crippen LogP contribution in [0.15, 0.2) is 42.5 Å². The molecule has 0 radical (unpaired) electrons. The van der Waals surface area contributed by atoms with Gasteiger partial charge in [-0.25, -0.2) is 4.79 Å². The molecule has 2 aromatic carbocycles. The van der Waals surface area contributed by atoms with Crippen molar-refractivity contribution < 1.29 is 14.3 Å². The van der Waals surface area contributed by atoms with Crippen LogP contribution in [0.2, 0.25) is 0 Å². The highest BCUT2D eigenvalue weighted by atomic mass is 16.5. The summed E-state index contributed by atoms with van der Waals surface area (Å²) in [6, 6.07) is 12.0. The molecule has 0 bridgehead atoms. The first kappa shape index (κ1) is 13.8. The maximum absolute atomic E-state index is 12.0. The summed E-state index contributed by atoms with van der Waals surface area (Å²) in [6.07, 6.45) is 0. The Kier molecular flexibility index (Phi) is 3.84. The number of benzene rings is 2. The summed E-state index contributed by atoms with van der Waals surface area (Å²) in [7, 11) is 0. The van der Waals surface area contributed by atoms with E-state index in [1.807, 2.05) is 6.07 Å². The van der Waals surface area contributed by atoms with E-state index in [0.29, 0.717) is 28.0 Å². The molecule has 0 fully saturated rings. The number of rotatable bonds is 3. The van der Waals surface area contributed by atoms with Crippen molar-refractivity contribution in [2.24, 2.45) is 5.73 Å². The van der Waals surface area contributed by atoms with Gasteiger partial charge in [0.2, 0.25) is 5.91 Å². The summed E-state index contributed by atoms with van der Waals surface area (Å²) < 4.78 is 5.41. The molecule has 0 aliphatic heterocycles. The minimum Gasteiger partial charge on any atom is -0.422 e. The zero-order chi connectivity index (χ0) is 14.7. The Balaban J connectivity index is 2.31. The average molecular weight is 269 g/mol. The van der Waals surface area contributed by atoms with Gasteiger partial charge in [-0.05, 0) is 49.2 Å². The lowest BCUT2D eigenvalue weighted by Crippen LogP contribution is -2.14. The predicted octanol–water partition coefficient (Wildman–Crippen LogP) is 2.62. The van der Waals surface area contributed by atoms with Gasteiger partial charge < -0.3 is 10.5 Å². The second-order valence-electron chi connectivity index (χ2n) is 4.56. The predicted molar refractivity (Wildman–Crippen MR) is 75.8 cm³/mol. The van der Waals surface area contributed by atoms with Crippen molar-refractivity contribution in [2.45, 2.75) is 13.8 Å². The van der Waals surface area contributed by atoms with Gasteiger partial charge in [-0.1, -0.05) is 18.2 Å². The molecule has 0 aliphatic carbocycles. The highest BCUT2D eigenvalue weighted by Crippen LogP contribution is 2.25. The number of carbonyl (C=O) groups excluding carboxylic acids is 2. The van der Waals surface area contributed by atoms with E-state index in [1.54, 1.807) is 50.2 Å². The molecule has 2 aromatic rings. The molecule has 0 saturated carbocycles. The summed E-state index contributed by atoms with van der Waals surface area (Å²) in [5.41, 5.74) is 7.52. The maximum Gasteiger partial charge on any atom is 0.343 e. The van der Waals surface area contributed by atoms with E-state index in [-0.39, 0.29) is 0 Å². The molecule has 2 N–H and O–H groups in total. The Labute approximate surface area is 117 Å². The van der Waals surface area contributed by atoms with Gasteiger partial charge in [0.05, 0.1) is 5.56 Å². The van der Waals surface area contributed by atoms with Crippen LogP contribution >= 0.6 is 0 Å². The van der Waals surface area contributed by atoms with Crippen LogP contribution in [0, 0.1) is 13.8 Å². The molecule has 4 heteroatoms. The Hall–Kier alpha value is -2.62. The van der Waals surface area contributed by atoms with Gasteiger partial charge in [-0.3, -0.25) is 4.79 Å². The fraction of sp³-hybridized carbons (Fsp3) is 0.125. The fourth-order valence-corrected chi connectivity index (χ4v) is 1.98. The first-order valence-corrected chi connectivity index (χ1v) is 6.17. The first-order valence-electron chi connectivity index (χ1n) is 6.17. The highest BCUT2D eigenvalue weighted by molar-refractivity contribution is 5.94. The van der Waals surface area contributed by atoms with Gasteiger partial charge in [0, 0.05) is 5.56 Å². The van der Waals surface area contributed by atoms with Gasteiger partial charge >= 0.3 is 5.97 Å². The number of primary amides is 1. The number of nitrogens with two attached hydrogens (primary N) is 1. The number of carbonyl (C=O) groups is 2. The zero-order valence-corrected chi connectivity index (χ0v) is 11.3. The molecule has 1 amide bonds. The van der Waals surface area contributed by atoms with Crippen LogP contribution in [-0.4, -0.2) is 11.9 Å². The summed E-state index contributed by atoms with van der Waals surface area (Å²) in [5.74, 6) is -0.468. The topological polar surface area (TPSA) is 69.4 Å². The van der Waals surface area contributed by atoms with E-state index in [2.05, 4.69) is 0 Å². The van der Waals surface area contributed by atoms with E-state index >= 15 is 0 Å². The summed E-state index contributed by atoms with van der Waals surface area (Å²) >= 11 is 0. The van der Waals surface area contributed by atoms with Crippen molar-refractivity contribution in [1.82, 2.24) is 0 Å². The molecular weight excluding hydrogens is 254 g/mol. The largest absolute Gasteiger partial charge is 0.422 e. The van der Waals surface area contributed by atoms with Gasteiger partial charge in [0.15, 0.2) is 0 Å². The van der Waals surface area contributed by atoms with Crippen molar-refractivity contribution in [2.75, 3.05) is 0 Å². The van der Waals surface area contributed by atoms with Crippen LogP contribution in [0.25, 0.3) is 0 Å². The number of hydrogen-bond donors (Lipinski definition) is 1. The van der Waals surface area contributed by atoms with Crippen LogP contribution in [0.1, 0.15) is 31.8 Å². The monoisotopic (exact) mass is 269 g/mol. The van der Waals surface area contributed by atoms with Gasteiger partial charge in [-0.2, -0.15) is 0 Å². The minimum absolute atomic E-state index is 0.402. The van der Waals surface area contributed by atoms with Gasteiger partial charge in [-0.15, -0.1) is 0 Å². The SMILES string of the molecule is Cc1cc(C(N)=O)cc(C)c1OC(=O)c1ccccc1. The molecule has 0 spiro atoms. The molecule has 20 heavy (non-hydrogen) atoms. The van der Waals surface area contributed by atoms with Crippen molar-refractivity contribution in [3.8, 4) is 5.75 Å². The van der Waals surface area contributed by atoms with E-state index in [1.165, 1.54) is 0 Å². The number of aryl methyl sites for hydroxylation is 2. The average Bonchev–Trinajstić information content (AvgIpc) is 2.43. The van der Waals surface area contributed by atoms with E-state index in [0.717, 1.165) is 0 Å². The number of esters is 1. The van der Waals surface area contributed by atoms with E-state index in [4.69, 9.17) is 10.5 Å². The molecule has 2 rings (SSSR count). The molecule has 0 aliphatic rings. The minimum atomic E-state index is -0.503. The van der Waals surface area contributed by atoms with Crippen molar-refractivity contribution >= 4 is 11.9 Å². The molecule has 4 nitrogen and oxygen atoms in total. The second kappa shape index (κ2) is 5.57. The standard InChI is InChI=1S/C16H15NO3/c1-10-8-13(15(17)18)9-11(2)14(10)20-16(19)12-6-4-3-5-7-12/h3-9H,1-2H3,(H2,17,18). The third-order valence-corrected chi connectivity index (χ3v) is 2.95. The molecular formula is C16H15NO3. The van der Waals surface area contributed by atoms with E-state index < -0.39 is 11.9 Å². The maximum atomic E-state index is 12.0. The molecule has 0 saturated heterocycles. The Morgan fingerprint density at radius 2 is 1.50 bits per heavy atom. The number of ether oxygens (including phenoxy) is 1. The van der Waals surface area contributed by atoms with E-state index in [9.17, 15) is 9.59 Å². The number of hydrogen-bond acceptors (Lipinski definition) is 3. The molecule has 102 valence electrons. The van der Waals surface area contributed by atoms with Gasteiger partial charge in [0.25, 0.3) is 0 Å². The van der Waals surface area contributed by atoms with Gasteiger partial charge in [0.1, 0.15) is 5.75 Å². The third-order valence-electron chi connectivity index (χ3n) is 2.95. The summed E-state index contributed by atoms with van der Waals surface area (Å²) in [6.45, 7) is 3.54. The van der Waals surface area contributed by atoms with Crippen molar-refractivity contribution in [3.63, 3.8) is 0 Å². The Bertz CT molecular complexity index is 640. The Morgan fingerprint density at radius 3 is 2.00 bits per heavy atom. The first-order chi connectivity index (χ1) is 9.49. The lowest BCUT2D eigenvalue weighted by molar-refractivity contribution is 0.0732. The third kappa shape index (κ3) is 2.85. The smallest absolute Gasteiger partial charge is 0.343 e. The van der Waals surface area contributed by atoms with Crippen molar-refractivity contribution in [3.05, 3.63) is 64.7 Å². The van der Waals surface area contributed by atoms with Crippen LogP contribution in [-0.2, 0) is 0 Å². The second-order valence-corrected chi connectivity index (χ2v) is 4.56. The summed E-state index contributed by atoms with van der Waals surface area (Å²) in [4.78, 5) is 23.2. The lowest BCUT2D eigenvalue weighted by atomic mass is 10.1. The van der Waals surface area contributed by atoms with Crippen LogP contribution in [0.3, 0.4) is 0 Å². The fourth-order valence-electron chi connectivity index (χ4n) is 1.98. The number of amides is 1. The zero-order valence-electron chi connectivity index (χ0n) is 11.3. The van der Waals surface area contributed by atoms with Crippen molar-refractivity contribution in [1.29, 1.82) is 0 Å². The van der Waals surface area contributed by atoms with Crippen LogP contribution in [0.5, 0.6) is 5.75 Å². The summed E-state index contributed by atoms with van der Waals surface area (Å²) in [5, 5.41) is 0. The quantitative estimate of drug-likeness (QED) is 0.688. The molecule has 0 aromatic heterocycles. The molecule has 0 unspecified atom stereocenters. The molecule has 0 atom stereocenters. The normalized spacial score (nSPS) is 10.1.